The van der Waals surface area contributed by atoms with Crippen molar-refractivity contribution in [2.24, 2.45) is 0 Å². The molecule has 0 heterocycles. The first-order valence-electron chi connectivity index (χ1n) is 6.97. The molecule has 110 valence electrons. The highest BCUT2D eigenvalue weighted by Crippen LogP contribution is 2.26. The number of nitrogens with one attached hydrogen (secondary N) is 1. The fourth-order valence-corrected chi connectivity index (χ4v) is 2.68. The molecule has 0 saturated heterocycles. The maximum Gasteiger partial charge on any atom is 0.230 e. The lowest BCUT2D eigenvalue weighted by atomic mass is 9.93. The molecule has 1 aliphatic rings. The van der Waals surface area contributed by atoms with Crippen molar-refractivity contribution in [3.05, 3.63) is 29.8 Å². The maximum absolute atomic E-state index is 13.8. The molecular formula is C15H20F2N2O. The van der Waals surface area contributed by atoms with Gasteiger partial charge >= 0.3 is 0 Å². The molecular weight excluding hydrogens is 262 g/mol. The number of nitrogens with two attached hydrogens (primary N) is 1. The van der Waals surface area contributed by atoms with Gasteiger partial charge in [0.15, 0.2) is 0 Å². The van der Waals surface area contributed by atoms with Crippen LogP contribution in [0.2, 0.25) is 0 Å². The van der Waals surface area contributed by atoms with E-state index >= 15 is 0 Å². The molecule has 3 nitrogen and oxygen atoms in total. The van der Waals surface area contributed by atoms with Gasteiger partial charge in [-0.1, -0.05) is 25.0 Å². The van der Waals surface area contributed by atoms with Gasteiger partial charge in [0.2, 0.25) is 5.91 Å². The molecule has 1 aromatic carbocycles. The minimum Gasteiger partial charge on any atom is -0.399 e. The van der Waals surface area contributed by atoms with Crippen molar-refractivity contribution in [1.29, 1.82) is 0 Å². The summed E-state index contributed by atoms with van der Waals surface area (Å²) in [6.07, 6.45) is 2.12. The Labute approximate surface area is 117 Å². The summed E-state index contributed by atoms with van der Waals surface area (Å²) < 4.78 is 26.5. The van der Waals surface area contributed by atoms with Crippen LogP contribution in [-0.2, 0) is 4.79 Å². The number of hydrogen-bond acceptors (Lipinski definition) is 2. The van der Waals surface area contributed by atoms with E-state index in [1.165, 1.54) is 0 Å². The molecule has 0 bridgehead atoms. The first-order chi connectivity index (χ1) is 9.61. The third-order valence-electron chi connectivity index (χ3n) is 3.79. The van der Waals surface area contributed by atoms with Crippen LogP contribution < -0.4 is 11.1 Å². The van der Waals surface area contributed by atoms with E-state index in [0.717, 1.165) is 25.7 Å². The van der Waals surface area contributed by atoms with Gasteiger partial charge in [-0.15, -0.1) is 0 Å². The Morgan fingerprint density at radius 1 is 1.30 bits per heavy atom. The van der Waals surface area contributed by atoms with Gasteiger partial charge in [0.1, 0.15) is 12.8 Å². The summed E-state index contributed by atoms with van der Waals surface area (Å²) in [6, 6.07) is 6.43. The van der Waals surface area contributed by atoms with Crippen molar-refractivity contribution in [2.75, 3.05) is 12.4 Å². The molecule has 1 amide bonds. The molecule has 20 heavy (non-hydrogen) atoms. The topological polar surface area (TPSA) is 55.1 Å². The third-order valence-corrected chi connectivity index (χ3v) is 3.79. The highest BCUT2D eigenvalue weighted by atomic mass is 19.2. The summed E-state index contributed by atoms with van der Waals surface area (Å²) >= 11 is 0. The standard InChI is InChI=1S/C15H20F2N2O/c16-9-13(17)14(10-5-7-11(18)8-6-10)15(20)19-12-3-1-2-4-12/h5-8,12-14H,1-4,9,18H2,(H,19,20). The Kier molecular flexibility index (Phi) is 4.93. The number of rotatable bonds is 5. The number of nitrogen functional groups attached to an aromatic ring is 1. The van der Waals surface area contributed by atoms with Crippen LogP contribution in [0, 0.1) is 0 Å². The average molecular weight is 282 g/mol. The Hall–Kier alpha value is -1.65. The van der Waals surface area contributed by atoms with Gasteiger partial charge in [0.25, 0.3) is 0 Å². The molecule has 1 aliphatic carbocycles. The summed E-state index contributed by atoms with van der Waals surface area (Å²) in [5, 5.41) is 2.83. The largest absolute Gasteiger partial charge is 0.399 e. The minimum atomic E-state index is -1.83. The smallest absolute Gasteiger partial charge is 0.230 e. The van der Waals surface area contributed by atoms with Crippen LogP contribution in [0.4, 0.5) is 14.5 Å². The lowest BCUT2D eigenvalue weighted by molar-refractivity contribution is -0.124. The summed E-state index contributed by atoms with van der Waals surface area (Å²) in [4.78, 5) is 12.2. The first kappa shape index (κ1) is 14.8. The van der Waals surface area contributed by atoms with Gasteiger partial charge in [-0.2, -0.15) is 0 Å². The summed E-state index contributed by atoms with van der Waals surface area (Å²) in [6.45, 7) is -1.17. The first-order valence-corrected chi connectivity index (χ1v) is 6.97. The van der Waals surface area contributed by atoms with E-state index in [2.05, 4.69) is 5.32 Å². The molecule has 0 aromatic heterocycles. The van der Waals surface area contributed by atoms with Crippen molar-refractivity contribution in [2.45, 2.75) is 43.8 Å². The van der Waals surface area contributed by atoms with Gasteiger partial charge in [0.05, 0.1) is 5.92 Å². The second-order valence-electron chi connectivity index (χ2n) is 5.30. The van der Waals surface area contributed by atoms with Gasteiger partial charge in [0, 0.05) is 11.7 Å². The number of amides is 1. The number of benzene rings is 1. The van der Waals surface area contributed by atoms with E-state index in [-0.39, 0.29) is 6.04 Å². The van der Waals surface area contributed by atoms with Crippen LogP contribution in [0.25, 0.3) is 0 Å². The van der Waals surface area contributed by atoms with E-state index in [1.54, 1.807) is 24.3 Å². The molecule has 1 fully saturated rings. The van der Waals surface area contributed by atoms with E-state index in [1.807, 2.05) is 0 Å². The van der Waals surface area contributed by atoms with Crippen LogP contribution >= 0.6 is 0 Å². The summed E-state index contributed by atoms with van der Waals surface area (Å²) in [7, 11) is 0. The van der Waals surface area contributed by atoms with Gasteiger partial charge < -0.3 is 11.1 Å². The van der Waals surface area contributed by atoms with E-state index < -0.39 is 24.7 Å². The van der Waals surface area contributed by atoms with Gasteiger partial charge in [-0.25, -0.2) is 8.78 Å². The number of alkyl halides is 2. The number of anilines is 1. The van der Waals surface area contributed by atoms with Crippen molar-refractivity contribution >= 4 is 11.6 Å². The van der Waals surface area contributed by atoms with E-state index in [0.29, 0.717) is 11.3 Å². The Bertz CT molecular complexity index is 444. The average Bonchev–Trinajstić information content (AvgIpc) is 2.94. The zero-order valence-electron chi connectivity index (χ0n) is 11.3. The second-order valence-corrected chi connectivity index (χ2v) is 5.30. The Morgan fingerprint density at radius 2 is 1.90 bits per heavy atom. The van der Waals surface area contributed by atoms with Gasteiger partial charge in [-0.05, 0) is 30.5 Å². The Balaban J connectivity index is 2.13. The van der Waals surface area contributed by atoms with Crippen LogP contribution in [0.5, 0.6) is 0 Å². The quantitative estimate of drug-likeness (QED) is 0.816. The molecule has 3 N–H and O–H groups in total. The summed E-state index contributed by atoms with van der Waals surface area (Å²) in [5.41, 5.74) is 6.56. The fourth-order valence-electron chi connectivity index (χ4n) is 2.68. The molecule has 1 saturated carbocycles. The number of carbonyl (C=O) groups is 1. The van der Waals surface area contributed by atoms with Crippen LogP contribution in [0.15, 0.2) is 24.3 Å². The molecule has 2 unspecified atom stereocenters. The number of carbonyl (C=O) groups excluding carboxylic acids is 1. The Morgan fingerprint density at radius 3 is 2.45 bits per heavy atom. The minimum absolute atomic E-state index is 0.0885. The molecule has 0 aliphatic heterocycles. The molecule has 5 heteroatoms. The third kappa shape index (κ3) is 3.46. The van der Waals surface area contributed by atoms with Crippen molar-refractivity contribution in [3.8, 4) is 0 Å². The van der Waals surface area contributed by atoms with Crippen LogP contribution in [0.1, 0.15) is 37.2 Å². The highest BCUT2D eigenvalue weighted by molar-refractivity contribution is 5.84. The molecule has 0 radical (unpaired) electrons. The van der Waals surface area contributed by atoms with E-state index in [4.69, 9.17) is 5.73 Å². The second kappa shape index (κ2) is 6.68. The molecule has 1 aromatic rings. The highest BCUT2D eigenvalue weighted by Gasteiger charge is 2.31. The van der Waals surface area contributed by atoms with Crippen molar-refractivity contribution < 1.29 is 13.6 Å². The normalized spacial score (nSPS) is 18.7. The zero-order chi connectivity index (χ0) is 14.5. The predicted octanol–water partition coefficient (Wildman–Crippen LogP) is 2.72. The van der Waals surface area contributed by atoms with Crippen molar-refractivity contribution in [3.63, 3.8) is 0 Å². The molecule has 2 rings (SSSR count). The maximum atomic E-state index is 13.8. The van der Waals surface area contributed by atoms with Crippen LogP contribution in [-0.4, -0.2) is 24.8 Å². The van der Waals surface area contributed by atoms with Crippen LogP contribution in [0.3, 0.4) is 0 Å². The molecule has 2 atom stereocenters. The SMILES string of the molecule is Nc1ccc(C(C(=O)NC2CCCC2)C(F)CF)cc1. The zero-order valence-corrected chi connectivity index (χ0v) is 11.3. The number of halogens is 2. The fraction of sp³-hybridized carbons (Fsp3) is 0.533. The van der Waals surface area contributed by atoms with E-state index in [9.17, 15) is 13.6 Å². The summed E-state index contributed by atoms with van der Waals surface area (Å²) in [5.74, 6) is -1.55. The monoisotopic (exact) mass is 282 g/mol. The lowest BCUT2D eigenvalue weighted by Gasteiger charge is -2.22. The van der Waals surface area contributed by atoms with Gasteiger partial charge in [-0.3, -0.25) is 4.79 Å². The number of hydrogen-bond donors (Lipinski definition) is 2. The lowest BCUT2D eigenvalue weighted by Crippen LogP contribution is -2.40. The molecule has 0 spiro atoms. The van der Waals surface area contributed by atoms with Crippen molar-refractivity contribution in [1.82, 2.24) is 5.32 Å². The predicted molar refractivity (Wildman–Crippen MR) is 74.9 cm³/mol.